The summed E-state index contributed by atoms with van der Waals surface area (Å²) in [5, 5.41) is 13.7. The standard InChI is InChI=1S/C20H21ClF2N6O3/c1-9-12(21)5-10(16(32-2)13(9)11-6-28(7-11)20(30)31)3-4-29-19-14(15(27-29)17(22)23)18(24)25-8-26-19/h5,8,11,17H,3-4,6-7H2,1-2H3,(H,30,31)(H2,24,25,26). The van der Waals surface area contributed by atoms with Gasteiger partial charge in [0.1, 0.15) is 23.6 Å². The summed E-state index contributed by atoms with van der Waals surface area (Å²) in [5.74, 6) is 0.520. The van der Waals surface area contributed by atoms with E-state index in [0.717, 1.165) is 16.7 Å². The minimum Gasteiger partial charge on any atom is -0.496 e. The monoisotopic (exact) mass is 466 g/mol. The van der Waals surface area contributed by atoms with E-state index in [2.05, 4.69) is 15.1 Å². The average molecular weight is 467 g/mol. The van der Waals surface area contributed by atoms with Crippen LogP contribution in [-0.2, 0) is 13.0 Å². The molecule has 2 aromatic heterocycles. The molecule has 1 amide bonds. The number of alkyl halides is 2. The average Bonchev–Trinajstić information content (AvgIpc) is 3.08. The Hall–Kier alpha value is -3.21. The van der Waals surface area contributed by atoms with E-state index in [-0.39, 0.29) is 29.3 Å². The first-order chi connectivity index (χ1) is 15.2. The number of carbonyl (C=O) groups is 1. The van der Waals surface area contributed by atoms with Gasteiger partial charge in [0, 0.05) is 36.1 Å². The molecule has 170 valence electrons. The number of ether oxygens (including phenoxy) is 1. The van der Waals surface area contributed by atoms with E-state index in [9.17, 15) is 13.6 Å². The number of hydrogen-bond acceptors (Lipinski definition) is 6. The fourth-order valence-corrected chi connectivity index (χ4v) is 4.36. The van der Waals surface area contributed by atoms with Crippen molar-refractivity contribution in [2.24, 2.45) is 0 Å². The Bertz CT molecular complexity index is 1200. The van der Waals surface area contributed by atoms with E-state index in [1.54, 1.807) is 6.07 Å². The maximum Gasteiger partial charge on any atom is 0.407 e. The zero-order valence-electron chi connectivity index (χ0n) is 17.3. The van der Waals surface area contributed by atoms with E-state index in [1.165, 1.54) is 23.0 Å². The number of aromatic nitrogens is 4. The van der Waals surface area contributed by atoms with Gasteiger partial charge in [0.2, 0.25) is 0 Å². The number of hydrogen-bond donors (Lipinski definition) is 2. The summed E-state index contributed by atoms with van der Waals surface area (Å²) in [7, 11) is 1.54. The lowest BCUT2D eigenvalue weighted by atomic mass is 9.86. The van der Waals surface area contributed by atoms with Crippen molar-refractivity contribution in [1.29, 1.82) is 0 Å². The summed E-state index contributed by atoms with van der Waals surface area (Å²) in [5.41, 5.74) is 7.99. The van der Waals surface area contributed by atoms with Crippen molar-refractivity contribution in [2.75, 3.05) is 25.9 Å². The minimum absolute atomic E-state index is 0.0398. The molecule has 12 heteroatoms. The van der Waals surface area contributed by atoms with E-state index in [1.807, 2.05) is 6.92 Å². The van der Waals surface area contributed by atoms with E-state index in [0.29, 0.717) is 30.3 Å². The number of carboxylic acid groups (broad SMARTS) is 1. The smallest absolute Gasteiger partial charge is 0.407 e. The number of aryl methyl sites for hydroxylation is 2. The normalized spacial score (nSPS) is 14.2. The first-order valence-electron chi connectivity index (χ1n) is 9.81. The number of methoxy groups -OCH3 is 1. The van der Waals surface area contributed by atoms with Crippen LogP contribution in [0, 0.1) is 6.92 Å². The lowest BCUT2D eigenvalue weighted by Crippen LogP contribution is -2.48. The predicted octanol–water partition coefficient (Wildman–Crippen LogP) is 3.64. The molecule has 0 aliphatic carbocycles. The first kappa shape index (κ1) is 22.0. The van der Waals surface area contributed by atoms with Crippen molar-refractivity contribution in [1.82, 2.24) is 24.6 Å². The third-order valence-electron chi connectivity index (χ3n) is 5.75. The van der Waals surface area contributed by atoms with Gasteiger partial charge in [-0.15, -0.1) is 0 Å². The van der Waals surface area contributed by atoms with Gasteiger partial charge in [0.25, 0.3) is 6.43 Å². The molecule has 0 unspecified atom stereocenters. The number of amides is 1. The van der Waals surface area contributed by atoms with Crippen molar-refractivity contribution in [3.05, 3.63) is 39.8 Å². The van der Waals surface area contributed by atoms with Crippen molar-refractivity contribution < 1.29 is 23.4 Å². The largest absolute Gasteiger partial charge is 0.496 e. The van der Waals surface area contributed by atoms with Crippen molar-refractivity contribution >= 4 is 34.5 Å². The van der Waals surface area contributed by atoms with Crippen molar-refractivity contribution in [3.8, 4) is 5.75 Å². The predicted molar refractivity (Wildman–Crippen MR) is 113 cm³/mol. The number of anilines is 1. The second-order valence-electron chi connectivity index (χ2n) is 7.59. The molecule has 0 spiro atoms. The quantitative estimate of drug-likeness (QED) is 0.569. The molecule has 0 radical (unpaired) electrons. The highest BCUT2D eigenvalue weighted by Gasteiger charge is 2.35. The molecule has 3 aromatic rings. The number of nitrogens with zero attached hydrogens (tertiary/aromatic N) is 5. The Kier molecular flexibility index (Phi) is 5.76. The van der Waals surface area contributed by atoms with Crippen LogP contribution in [0.2, 0.25) is 5.02 Å². The highest BCUT2D eigenvalue weighted by molar-refractivity contribution is 6.31. The molecule has 3 N–H and O–H groups in total. The summed E-state index contributed by atoms with van der Waals surface area (Å²) in [6.45, 7) is 2.79. The number of halogens is 3. The van der Waals surface area contributed by atoms with Crippen LogP contribution in [0.1, 0.15) is 34.7 Å². The van der Waals surface area contributed by atoms with E-state index < -0.39 is 18.2 Å². The van der Waals surface area contributed by atoms with Gasteiger partial charge in [-0.3, -0.25) is 0 Å². The van der Waals surface area contributed by atoms with Crippen molar-refractivity contribution in [3.63, 3.8) is 0 Å². The Balaban J connectivity index is 1.68. The van der Waals surface area contributed by atoms with Crippen LogP contribution < -0.4 is 10.5 Å². The third-order valence-corrected chi connectivity index (χ3v) is 6.14. The number of likely N-dealkylation sites (tertiary alicyclic amines) is 1. The topological polar surface area (TPSA) is 119 Å². The lowest BCUT2D eigenvalue weighted by molar-refractivity contribution is 0.104. The van der Waals surface area contributed by atoms with Crippen molar-refractivity contribution in [2.45, 2.75) is 32.2 Å². The zero-order valence-corrected chi connectivity index (χ0v) is 18.1. The van der Waals surface area contributed by atoms with Gasteiger partial charge >= 0.3 is 6.09 Å². The summed E-state index contributed by atoms with van der Waals surface area (Å²) >= 11 is 6.47. The van der Waals surface area contributed by atoms with Crippen LogP contribution in [0.5, 0.6) is 5.75 Å². The fraction of sp³-hybridized carbons (Fsp3) is 0.400. The van der Waals surface area contributed by atoms with Crippen LogP contribution in [-0.4, -0.2) is 56.0 Å². The molecule has 1 aliphatic rings. The fourth-order valence-electron chi connectivity index (χ4n) is 4.13. The minimum atomic E-state index is -2.82. The third kappa shape index (κ3) is 3.66. The van der Waals surface area contributed by atoms with Crippen LogP contribution in [0.3, 0.4) is 0 Å². The van der Waals surface area contributed by atoms with Gasteiger partial charge in [-0.1, -0.05) is 11.6 Å². The molecule has 1 aliphatic heterocycles. The number of nitrogen functional groups attached to an aromatic ring is 1. The molecule has 1 saturated heterocycles. The Labute approximate surface area is 186 Å². The number of benzene rings is 1. The Morgan fingerprint density at radius 1 is 1.41 bits per heavy atom. The molecular weight excluding hydrogens is 446 g/mol. The van der Waals surface area contributed by atoms with Gasteiger partial charge in [-0.05, 0) is 30.5 Å². The molecule has 32 heavy (non-hydrogen) atoms. The molecule has 4 rings (SSSR count). The molecule has 9 nitrogen and oxygen atoms in total. The van der Waals surface area contributed by atoms with Crippen LogP contribution in [0.4, 0.5) is 19.4 Å². The summed E-state index contributed by atoms with van der Waals surface area (Å²) < 4.78 is 34.0. The van der Waals surface area contributed by atoms with Crippen LogP contribution >= 0.6 is 11.6 Å². The number of rotatable bonds is 6. The number of fused-ring (bicyclic) bond motifs is 1. The lowest BCUT2D eigenvalue weighted by Gasteiger charge is -2.39. The van der Waals surface area contributed by atoms with Crippen LogP contribution in [0.15, 0.2) is 12.4 Å². The Morgan fingerprint density at radius 3 is 2.75 bits per heavy atom. The highest BCUT2D eigenvalue weighted by Crippen LogP contribution is 2.41. The molecule has 1 aromatic carbocycles. The van der Waals surface area contributed by atoms with E-state index >= 15 is 0 Å². The maximum absolute atomic E-state index is 13.5. The van der Waals surface area contributed by atoms with Gasteiger partial charge in [-0.2, -0.15) is 5.10 Å². The second-order valence-corrected chi connectivity index (χ2v) is 8.00. The van der Waals surface area contributed by atoms with Gasteiger partial charge in [-0.25, -0.2) is 28.2 Å². The Morgan fingerprint density at radius 2 is 2.12 bits per heavy atom. The summed E-state index contributed by atoms with van der Waals surface area (Å²) in [6.07, 6.45) is -2.22. The van der Waals surface area contributed by atoms with Crippen LogP contribution in [0.25, 0.3) is 11.0 Å². The molecule has 3 heterocycles. The first-order valence-corrected chi connectivity index (χ1v) is 10.2. The van der Waals surface area contributed by atoms with E-state index in [4.69, 9.17) is 27.2 Å². The molecule has 0 saturated carbocycles. The van der Waals surface area contributed by atoms with Gasteiger partial charge < -0.3 is 20.5 Å². The molecular formula is C20H21ClF2N6O3. The highest BCUT2D eigenvalue weighted by atomic mass is 35.5. The second kappa shape index (κ2) is 8.38. The van der Waals surface area contributed by atoms with Gasteiger partial charge in [0.05, 0.1) is 12.5 Å². The van der Waals surface area contributed by atoms with Gasteiger partial charge in [0.15, 0.2) is 5.65 Å². The molecule has 0 bridgehead atoms. The summed E-state index contributed by atoms with van der Waals surface area (Å²) in [4.78, 5) is 20.3. The molecule has 1 fully saturated rings. The molecule has 0 atom stereocenters. The summed E-state index contributed by atoms with van der Waals surface area (Å²) in [6, 6.07) is 1.77. The maximum atomic E-state index is 13.5. The SMILES string of the molecule is COc1c(CCn2nc(C(F)F)c3c(N)ncnc32)cc(Cl)c(C)c1C1CN(C(=O)O)C1. The zero-order chi connectivity index (χ0) is 23.2. The number of nitrogens with two attached hydrogens (primary N) is 1.